The van der Waals surface area contributed by atoms with Gasteiger partial charge in [0.1, 0.15) is 18.3 Å². The number of aliphatic carboxylic acids is 2. The fraction of sp³-hybridized carbons (Fsp3) is 0.944. The Morgan fingerprint density at radius 3 is 2.00 bits per heavy atom. The van der Waals surface area contributed by atoms with Crippen molar-refractivity contribution in [3.63, 3.8) is 0 Å². The molecule has 14 atom stereocenters. The average molecular weight is 635 g/mol. The first-order valence-electron chi connectivity index (χ1n) is 17.6. The smallest absolute Gasteiger partial charge is 0.335 e. The second-order valence-electron chi connectivity index (χ2n) is 18.3. The lowest BCUT2D eigenvalue weighted by Crippen LogP contribution is -2.68. The van der Waals surface area contributed by atoms with Crippen molar-refractivity contribution in [2.75, 3.05) is 0 Å². The van der Waals surface area contributed by atoms with Crippen molar-refractivity contribution in [2.24, 2.45) is 56.2 Å². The van der Waals surface area contributed by atoms with Gasteiger partial charge in [-0.1, -0.05) is 48.5 Å². The van der Waals surface area contributed by atoms with Crippen LogP contribution in [0, 0.1) is 56.2 Å². The van der Waals surface area contributed by atoms with Crippen LogP contribution in [0.3, 0.4) is 0 Å². The predicted molar refractivity (Wildman–Crippen MR) is 166 cm³/mol. The number of fused-ring (bicyclic) bond motifs is 7. The van der Waals surface area contributed by atoms with Crippen molar-refractivity contribution < 1.29 is 44.6 Å². The third-order valence-electron chi connectivity index (χ3n) is 15.7. The van der Waals surface area contributed by atoms with E-state index < -0.39 is 48.1 Å². The molecule has 0 bridgehead atoms. The summed E-state index contributed by atoms with van der Waals surface area (Å²) < 4.78 is 11.9. The van der Waals surface area contributed by atoms with Crippen LogP contribution in [0.2, 0.25) is 0 Å². The van der Waals surface area contributed by atoms with Crippen LogP contribution < -0.4 is 0 Å². The van der Waals surface area contributed by atoms with Crippen LogP contribution in [0.4, 0.5) is 0 Å². The summed E-state index contributed by atoms with van der Waals surface area (Å²) in [6.07, 6.45) is 2.12. The van der Waals surface area contributed by atoms with Gasteiger partial charge in [0.15, 0.2) is 12.4 Å². The molecule has 0 radical (unpaired) electrons. The van der Waals surface area contributed by atoms with Gasteiger partial charge in [-0.2, -0.15) is 0 Å². The van der Waals surface area contributed by atoms with Gasteiger partial charge in [0.25, 0.3) is 0 Å². The Hall–Kier alpha value is -1.26. The Balaban J connectivity index is 1.26. The number of carbonyl (C=O) groups is 2. The minimum atomic E-state index is -1.74. The minimum Gasteiger partial charge on any atom is -0.481 e. The third-order valence-corrected chi connectivity index (χ3v) is 15.7. The molecule has 1 saturated heterocycles. The average Bonchev–Trinajstić information content (AvgIpc) is 2.94. The van der Waals surface area contributed by atoms with E-state index in [-0.39, 0.29) is 39.1 Å². The fourth-order valence-electron chi connectivity index (χ4n) is 13.0. The normalized spacial score (nSPS) is 53.6. The van der Waals surface area contributed by atoms with E-state index in [2.05, 4.69) is 48.5 Å². The summed E-state index contributed by atoms with van der Waals surface area (Å²) in [7, 11) is 0. The molecule has 0 spiro atoms. The number of carboxylic acids is 2. The van der Waals surface area contributed by atoms with Crippen molar-refractivity contribution in [1.82, 2.24) is 0 Å². The summed E-state index contributed by atoms with van der Waals surface area (Å²) in [6.45, 7) is 16.6. The highest BCUT2D eigenvalue weighted by Crippen LogP contribution is 2.77. The highest BCUT2D eigenvalue weighted by atomic mass is 16.7. The largest absolute Gasteiger partial charge is 0.481 e. The number of ether oxygens (including phenoxy) is 2. The summed E-state index contributed by atoms with van der Waals surface area (Å²) in [5, 5.41) is 51.4. The van der Waals surface area contributed by atoms with Crippen LogP contribution in [-0.2, 0) is 19.1 Å². The van der Waals surface area contributed by atoms with Crippen molar-refractivity contribution >= 4 is 11.9 Å². The summed E-state index contributed by atoms with van der Waals surface area (Å²) in [5.74, 6) is -0.547. The summed E-state index contributed by atoms with van der Waals surface area (Å²) >= 11 is 0. The van der Waals surface area contributed by atoms with Gasteiger partial charge in [-0.05, 0) is 121 Å². The highest BCUT2D eigenvalue weighted by molar-refractivity contribution is 5.75. The molecule has 0 aromatic heterocycles. The molecule has 9 heteroatoms. The topological polar surface area (TPSA) is 154 Å². The molecule has 5 N–H and O–H groups in total. The molecule has 45 heavy (non-hydrogen) atoms. The Kier molecular flexibility index (Phi) is 7.94. The van der Waals surface area contributed by atoms with Crippen LogP contribution >= 0.6 is 0 Å². The maximum atomic E-state index is 13.0. The number of carboxylic acid groups (broad SMARTS) is 2. The molecule has 0 amide bonds. The van der Waals surface area contributed by atoms with Gasteiger partial charge in [-0.25, -0.2) is 4.79 Å². The molecule has 5 saturated carbocycles. The van der Waals surface area contributed by atoms with Crippen LogP contribution in [0.25, 0.3) is 0 Å². The van der Waals surface area contributed by atoms with Gasteiger partial charge in [-0.3, -0.25) is 4.79 Å². The van der Waals surface area contributed by atoms with E-state index in [4.69, 9.17) is 9.47 Å². The summed E-state index contributed by atoms with van der Waals surface area (Å²) in [4.78, 5) is 24.7. The molecule has 256 valence electrons. The molecule has 1 unspecified atom stereocenters. The summed E-state index contributed by atoms with van der Waals surface area (Å²) in [6, 6.07) is 0. The van der Waals surface area contributed by atoms with Crippen molar-refractivity contribution in [3.05, 3.63) is 0 Å². The van der Waals surface area contributed by atoms with E-state index in [0.29, 0.717) is 24.2 Å². The van der Waals surface area contributed by atoms with Crippen LogP contribution in [-0.4, -0.2) is 74.3 Å². The number of hydrogen-bond acceptors (Lipinski definition) is 7. The molecular weight excluding hydrogens is 576 g/mol. The van der Waals surface area contributed by atoms with Gasteiger partial charge < -0.3 is 35.0 Å². The first-order chi connectivity index (χ1) is 20.7. The lowest BCUT2D eigenvalue weighted by atomic mass is 9.31. The standard InChI is InChI=1S/C36H58O9/c1-31(2)14-16-36(30(42)43)17-15-34(6)19(20(36)18-31)8-9-22-33(5)12-11-23(32(3,4)21(33)10-13-35(22,34)7)44-29-26(39)24(37)25(38)27(45-29)28(40)41/h19-27,29,37-39H,8-18H2,1-7H3,(H,40,41)(H,42,43)/t19-,20+,21+,22-,23?,24+,25+,26-,27+,29-,33+,34-,35-,36+/m1/s1. The molecular formula is C36H58O9. The molecule has 0 aromatic rings. The van der Waals surface area contributed by atoms with Gasteiger partial charge >= 0.3 is 11.9 Å². The second kappa shape index (κ2) is 10.6. The van der Waals surface area contributed by atoms with Gasteiger partial charge in [0.2, 0.25) is 0 Å². The van der Waals surface area contributed by atoms with E-state index in [1.165, 1.54) is 0 Å². The van der Waals surface area contributed by atoms with E-state index >= 15 is 0 Å². The number of hydrogen-bond donors (Lipinski definition) is 5. The second-order valence-corrected chi connectivity index (χ2v) is 18.3. The van der Waals surface area contributed by atoms with Gasteiger partial charge in [-0.15, -0.1) is 0 Å². The molecule has 1 heterocycles. The van der Waals surface area contributed by atoms with E-state index in [9.17, 15) is 35.1 Å². The molecule has 6 aliphatic rings. The maximum absolute atomic E-state index is 13.0. The van der Waals surface area contributed by atoms with E-state index in [1.54, 1.807) is 0 Å². The SMILES string of the molecule is CC1(C)CC[C@]2(C(=O)O)CC[C@]3(C)[C@H](CC[C@@H]4[C@@]5(C)CCC(O[C@@H]6O[C@H](C(=O)O)[C@@H](O)[C@H](O)[C@H]6O)C(C)(C)[C@@H]5CC[C@]43C)[C@@H]2C1. The lowest BCUT2D eigenvalue weighted by molar-refractivity contribution is -0.326. The molecule has 6 fully saturated rings. The molecule has 9 nitrogen and oxygen atoms in total. The Morgan fingerprint density at radius 2 is 1.36 bits per heavy atom. The first kappa shape index (κ1) is 33.6. The maximum Gasteiger partial charge on any atom is 0.335 e. The van der Waals surface area contributed by atoms with Crippen molar-refractivity contribution in [1.29, 1.82) is 0 Å². The Labute approximate surface area is 268 Å². The fourth-order valence-corrected chi connectivity index (χ4v) is 13.0. The third kappa shape index (κ3) is 4.63. The van der Waals surface area contributed by atoms with E-state index in [1.807, 2.05) is 0 Å². The monoisotopic (exact) mass is 634 g/mol. The summed E-state index contributed by atoms with van der Waals surface area (Å²) in [5.41, 5.74) is -0.525. The lowest BCUT2D eigenvalue weighted by Gasteiger charge is -2.73. The van der Waals surface area contributed by atoms with Crippen LogP contribution in [0.5, 0.6) is 0 Å². The van der Waals surface area contributed by atoms with Crippen LogP contribution in [0.1, 0.15) is 119 Å². The molecule has 0 aromatic carbocycles. The first-order valence-corrected chi connectivity index (χ1v) is 17.6. The van der Waals surface area contributed by atoms with Gasteiger partial charge in [0, 0.05) is 0 Å². The minimum absolute atomic E-state index is 0.0445. The van der Waals surface area contributed by atoms with Crippen LogP contribution in [0.15, 0.2) is 0 Å². The number of aliphatic hydroxyl groups excluding tert-OH is 3. The molecule has 1 aliphatic heterocycles. The Morgan fingerprint density at radius 1 is 0.689 bits per heavy atom. The molecule has 5 aliphatic carbocycles. The predicted octanol–water partition coefficient (Wildman–Crippen LogP) is 5.23. The zero-order chi connectivity index (χ0) is 33.1. The number of aliphatic hydroxyl groups is 3. The van der Waals surface area contributed by atoms with Gasteiger partial charge in [0.05, 0.1) is 11.5 Å². The molecule has 6 rings (SSSR count). The zero-order valence-electron chi connectivity index (χ0n) is 28.4. The highest BCUT2D eigenvalue weighted by Gasteiger charge is 2.71. The van der Waals surface area contributed by atoms with Crippen molar-refractivity contribution in [3.8, 4) is 0 Å². The quantitative estimate of drug-likeness (QED) is 0.262. The zero-order valence-corrected chi connectivity index (χ0v) is 28.4. The van der Waals surface area contributed by atoms with Crippen molar-refractivity contribution in [2.45, 2.75) is 156 Å². The van der Waals surface area contributed by atoms with E-state index in [0.717, 1.165) is 64.2 Å². The Bertz CT molecular complexity index is 1200. The number of rotatable bonds is 4.